The molecule has 0 aliphatic heterocycles. The van der Waals surface area contributed by atoms with E-state index in [0.717, 1.165) is 6.54 Å². The Bertz CT molecular complexity index is 238. The average molecular weight is 200 g/mol. The van der Waals surface area contributed by atoms with Crippen LogP contribution in [0.4, 0.5) is 4.79 Å². The lowest BCUT2D eigenvalue weighted by Crippen LogP contribution is -2.42. The van der Waals surface area contributed by atoms with Crippen molar-refractivity contribution in [2.24, 2.45) is 5.92 Å². The first-order valence-corrected chi connectivity index (χ1v) is 4.68. The van der Waals surface area contributed by atoms with Crippen LogP contribution >= 0.6 is 0 Å². The Morgan fingerprint density at radius 3 is 2.29 bits per heavy atom. The van der Waals surface area contributed by atoms with Crippen LogP contribution in [0, 0.1) is 5.92 Å². The first kappa shape index (κ1) is 10.8. The van der Waals surface area contributed by atoms with Gasteiger partial charge in [-0.15, -0.1) is 0 Å². The van der Waals surface area contributed by atoms with Gasteiger partial charge in [-0.2, -0.15) is 0 Å². The van der Waals surface area contributed by atoms with E-state index in [9.17, 15) is 9.59 Å². The number of hydrogen-bond acceptors (Lipinski definition) is 2. The van der Waals surface area contributed by atoms with Gasteiger partial charge in [0.2, 0.25) is 0 Å². The van der Waals surface area contributed by atoms with Gasteiger partial charge in [-0.05, 0) is 18.8 Å². The molecule has 5 heteroatoms. The van der Waals surface area contributed by atoms with Crippen molar-refractivity contribution in [2.45, 2.75) is 12.8 Å². The molecule has 1 N–H and O–H groups in total. The van der Waals surface area contributed by atoms with Crippen molar-refractivity contribution in [3.05, 3.63) is 0 Å². The number of rotatable bonds is 4. The van der Waals surface area contributed by atoms with E-state index in [1.807, 2.05) is 0 Å². The third-order valence-corrected chi connectivity index (χ3v) is 2.25. The van der Waals surface area contributed by atoms with Gasteiger partial charge in [0.25, 0.3) is 0 Å². The highest BCUT2D eigenvalue weighted by Crippen LogP contribution is 2.29. The molecule has 0 heterocycles. The zero-order chi connectivity index (χ0) is 10.7. The van der Waals surface area contributed by atoms with Crippen molar-refractivity contribution in [3.8, 4) is 0 Å². The summed E-state index contributed by atoms with van der Waals surface area (Å²) in [5, 5.41) is 8.50. The maximum atomic E-state index is 11.5. The molecular weight excluding hydrogens is 184 g/mol. The smallest absolute Gasteiger partial charge is 0.323 e. The highest BCUT2D eigenvalue weighted by atomic mass is 16.4. The van der Waals surface area contributed by atoms with E-state index in [-0.39, 0.29) is 12.6 Å². The van der Waals surface area contributed by atoms with Crippen LogP contribution in [0.3, 0.4) is 0 Å². The summed E-state index contributed by atoms with van der Waals surface area (Å²) in [6.45, 7) is 0.497. The fourth-order valence-corrected chi connectivity index (χ4v) is 1.33. The second-order valence-corrected chi connectivity index (χ2v) is 3.86. The minimum absolute atomic E-state index is 0.223. The van der Waals surface area contributed by atoms with Crippen LogP contribution in [0.2, 0.25) is 0 Å². The summed E-state index contributed by atoms with van der Waals surface area (Å²) in [5.74, 6) is -0.358. The molecule has 0 radical (unpaired) electrons. The minimum atomic E-state index is -0.985. The SMILES string of the molecule is CN(CC(=O)O)C(=O)N(C)CC1CC1. The maximum absolute atomic E-state index is 11.5. The number of amides is 2. The van der Waals surface area contributed by atoms with Crippen LogP contribution < -0.4 is 0 Å². The largest absolute Gasteiger partial charge is 0.480 e. The quantitative estimate of drug-likeness (QED) is 0.717. The van der Waals surface area contributed by atoms with E-state index in [1.165, 1.54) is 24.8 Å². The van der Waals surface area contributed by atoms with Crippen molar-refractivity contribution < 1.29 is 14.7 Å². The molecule has 1 aliphatic rings. The van der Waals surface area contributed by atoms with Crippen LogP contribution in [-0.2, 0) is 4.79 Å². The fraction of sp³-hybridized carbons (Fsp3) is 0.778. The molecule has 1 aliphatic carbocycles. The number of carbonyl (C=O) groups excluding carboxylic acids is 1. The average Bonchev–Trinajstić information content (AvgIpc) is 2.85. The van der Waals surface area contributed by atoms with Crippen LogP contribution in [0.1, 0.15) is 12.8 Å². The monoisotopic (exact) mass is 200 g/mol. The van der Waals surface area contributed by atoms with Crippen molar-refractivity contribution in [1.82, 2.24) is 9.80 Å². The molecule has 0 spiro atoms. The van der Waals surface area contributed by atoms with Gasteiger partial charge in [-0.3, -0.25) is 4.79 Å². The summed E-state index contributed by atoms with van der Waals surface area (Å²) in [6, 6.07) is -0.223. The fourth-order valence-electron chi connectivity index (χ4n) is 1.33. The molecule has 80 valence electrons. The van der Waals surface area contributed by atoms with Gasteiger partial charge in [-0.1, -0.05) is 0 Å². The number of urea groups is 1. The molecule has 0 unspecified atom stereocenters. The van der Waals surface area contributed by atoms with E-state index in [0.29, 0.717) is 5.92 Å². The first-order valence-electron chi connectivity index (χ1n) is 4.68. The van der Waals surface area contributed by atoms with Crippen molar-refractivity contribution in [2.75, 3.05) is 27.2 Å². The number of hydrogen-bond donors (Lipinski definition) is 1. The van der Waals surface area contributed by atoms with Crippen molar-refractivity contribution in [1.29, 1.82) is 0 Å². The van der Waals surface area contributed by atoms with E-state index in [2.05, 4.69) is 0 Å². The number of carboxylic acid groups (broad SMARTS) is 1. The lowest BCUT2D eigenvalue weighted by Gasteiger charge is -2.23. The van der Waals surface area contributed by atoms with Crippen LogP contribution in [0.5, 0.6) is 0 Å². The molecule has 1 fully saturated rings. The second kappa shape index (κ2) is 4.30. The standard InChI is InChI=1S/C9H16N2O3/c1-10(5-7-3-4-7)9(14)11(2)6-8(12)13/h7H,3-6H2,1-2H3,(H,12,13). The summed E-state index contributed by atoms with van der Waals surface area (Å²) in [5.41, 5.74) is 0. The maximum Gasteiger partial charge on any atom is 0.323 e. The van der Waals surface area contributed by atoms with Crippen LogP contribution in [-0.4, -0.2) is 54.1 Å². The molecular formula is C9H16N2O3. The van der Waals surface area contributed by atoms with Gasteiger partial charge in [0.05, 0.1) is 0 Å². The molecule has 1 saturated carbocycles. The van der Waals surface area contributed by atoms with Gasteiger partial charge < -0.3 is 14.9 Å². The summed E-state index contributed by atoms with van der Waals surface area (Å²) in [4.78, 5) is 24.7. The summed E-state index contributed by atoms with van der Waals surface area (Å²) >= 11 is 0. The minimum Gasteiger partial charge on any atom is -0.480 e. The summed E-state index contributed by atoms with van der Waals surface area (Å²) in [7, 11) is 3.21. The Labute approximate surface area is 83.3 Å². The van der Waals surface area contributed by atoms with E-state index >= 15 is 0 Å². The molecule has 2 amide bonds. The van der Waals surface area contributed by atoms with E-state index in [4.69, 9.17) is 5.11 Å². The number of aliphatic carboxylic acids is 1. The normalized spacial score (nSPS) is 15.0. The number of likely N-dealkylation sites (N-methyl/N-ethyl adjacent to an activating group) is 1. The van der Waals surface area contributed by atoms with Crippen LogP contribution in [0.15, 0.2) is 0 Å². The third kappa shape index (κ3) is 3.24. The van der Waals surface area contributed by atoms with Gasteiger partial charge in [-0.25, -0.2) is 4.79 Å². The molecule has 0 aromatic carbocycles. The number of carbonyl (C=O) groups is 2. The molecule has 0 saturated heterocycles. The molecule has 0 aromatic rings. The third-order valence-electron chi connectivity index (χ3n) is 2.25. The zero-order valence-corrected chi connectivity index (χ0v) is 8.56. The summed E-state index contributed by atoms with van der Waals surface area (Å²) < 4.78 is 0. The molecule has 14 heavy (non-hydrogen) atoms. The van der Waals surface area contributed by atoms with Gasteiger partial charge in [0.1, 0.15) is 6.54 Å². The Hall–Kier alpha value is -1.26. The topological polar surface area (TPSA) is 60.9 Å². The van der Waals surface area contributed by atoms with Gasteiger partial charge >= 0.3 is 12.0 Å². The van der Waals surface area contributed by atoms with Crippen molar-refractivity contribution >= 4 is 12.0 Å². The first-order chi connectivity index (χ1) is 6.50. The number of carboxylic acids is 1. The zero-order valence-electron chi connectivity index (χ0n) is 8.56. The van der Waals surface area contributed by atoms with Gasteiger partial charge in [0.15, 0.2) is 0 Å². The Balaban J connectivity index is 2.33. The Kier molecular flexibility index (Phi) is 3.33. The molecule has 0 bridgehead atoms. The lowest BCUT2D eigenvalue weighted by atomic mass is 10.4. The molecule has 0 atom stereocenters. The molecule has 5 nitrogen and oxygen atoms in total. The van der Waals surface area contributed by atoms with Gasteiger partial charge in [0, 0.05) is 20.6 Å². The second-order valence-electron chi connectivity index (χ2n) is 3.86. The Morgan fingerprint density at radius 2 is 1.86 bits per heavy atom. The number of nitrogens with zero attached hydrogens (tertiary/aromatic N) is 2. The Morgan fingerprint density at radius 1 is 1.29 bits per heavy atom. The summed E-state index contributed by atoms with van der Waals surface area (Å²) in [6.07, 6.45) is 2.36. The van der Waals surface area contributed by atoms with Crippen LogP contribution in [0.25, 0.3) is 0 Å². The highest BCUT2D eigenvalue weighted by molar-refractivity contribution is 5.79. The lowest BCUT2D eigenvalue weighted by molar-refractivity contribution is -0.137. The predicted molar refractivity (Wildman–Crippen MR) is 51.0 cm³/mol. The van der Waals surface area contributed by atoms with E-state index < -0.39 is 5.97 Å². The molecule has 1 rings (SSSR count). The highest BCUT2D eigenvalue weighted by Gasteiger charge is 2.26. The van der Waals surface area contributed by atoms with Crippen molar-refractivity contribution in [3.63, 3.8) is 0 Å². The predicted octanol–water partition coefficient (Wildman–Crippen LogP) is 0.465. The molecule has 0 aromatic heterocycles. The van der Waals surface area contributed by atoms with E-state index in [1.54, 1.807) is 11.9 Å².